The molecular weight excluding hydrogens is 389 g/mol. The largest absolute Gasteiger partial charge is 0.481 e. The molecule has 0 atom stereocenters. The number of hydrogen-bond acceptors (Lipinski definition) is 3. The molecule has 7 heteroatoms. The summed E-state index contributed by atoms with van der Waals surface area (Å²) in [5.41, 5.74) is 0.914. The van der Waals surface area contributed by atoms with Gasteiger partial charge in [-0.05, 0) is 40.3 Å². The number of nitrogens with one attached hydrogen (secondary N) is 1. The number of aliphatic carboxylic acids is 1. The molecule has 4 nitrogen and oxygen atoms in total. The molecule has 0 aromatic heterocycles. The molecule has 0 heterocycles. The fraction of sp³-hybridized carbons (Fsp3) is 0.273. The fourth-order valence-electron chi connectivity index (χ4n) is 1.13. The van der Waals surface area contributed by atoms with Gasteiger partial charge in [0.15, 0.2) is 0 Å². The second-order valence-corrected chi connectivity index (χ2v) is 5.97. The van der Waals surface area contributed by atoms with Crippen molar-refractivity contribution in [3.8, 4) is 0 Å². The zero-order valence-corrected chi connectivity index (χ0v) is 13.0. The summed E-state index contributed by atoms with van der Waals surface area (Å²) in [5, 5.41) is 11.8. The molecule has 0 radical (unpaired) electrons. The highest BCUT2D eigenvalue weighted by molar-refractivity contribution is 14.1. The lowest BCUT2D eigenvalue weighted by molar-refractivity contribution is -0.133. The second kappa shape index (κ2) is 7.85. The van der Waals surface area contributed by atoms with E-state index in [9.17, 15) is 9.59 Å². The summed E-state index contributed by atoms with van der Waals surface area (Å²) in [6, 6.07) is 5.57. The standard InChI is InChI=1S/C11H11ClINO3S/c12-8-3-7(1-2-9(8)13)4-14-10(15)5-18-6-11(16)17/h1-3H,4-6H2,(H,14,15)(H,16,17). The van der Waals surface area contributed by atoms with Crippen LogP contribution in [0.3, 0.4) is 0 Å². The molecule has 0 unspecified atom stereocenters. The minimum absolute atomic E-state index is 0.0667. The molecule has 0 bridgehead atoms. The molecular formula is C11H11ClINO3S. The van der Waals surface area contributed by atoms with Crippen LogP contribution in [0.5, 0.6) is 0 Å². The predicted octanol–water partition coefficient (Wildman–Crippen LogP) is 2.38. The molecule has 0 aliphatic rings. The van der Waals surface area contributed by atoms with E-state index in [4.69, 9.17) is 16.7 Å². The van der Waals surface area contributed by atoms with Gasteiger partial charge < -0.3 is 10.4 Å². The Morgan fingerprint density at radius 3 is 2.72 bits per heavy atom. The molecule has 0 fully saturated rings. The Kier molecular flexibility index (Phi) is 6.80. The van der Waals surface area contributed by atoms with Crippen LogP contribution in [-0.2, 0) is 16.1 Å². The molecule has 1 aromatic carbocycles. The number of benzene rings is 1. The average Bonchev–Trinajstić information content (AvgIpc) is 2.30. The third-order valence-corrected chi connectivity index (χ3v) is 4.42. The van der Waals surface area contributed by atoms with Crippen LogP contribution >= 0.6 is 46.0 Å². The van der Waals surface area contributed by atoms with E-state index in [-0.39, 0.29) is 17.4 Å². The van der Waals surface area contributed by atoms with Crippen molar-refractivity contribution in [1.82, 2.24) is 5.32 Å². The van der Waals surface area contributed by atoms with Crippen LogP contribution in [0.15, 0.2) is 18.2 Å². The van der Waals surface area contributed by atoms with Crippen molar-refractivity contribution in [2.45, 2.75) is 6.54 Å². The monoisotopic (exact) mass is 399 g/mol. The Morgan fingerprint density at radius 1 is 1.39 bits per heavy atom. The first-order chi connectivity index (χ1) is 8.49. The number of amides is 1. The van der Waals surface area contributed by atoms with Crippen molar-refractivity contribution < 1.29 is 14.7 Å². The molecule has 0 saturated heterocycles. The fourth-order valence-corrected chi connectivity index (χ4v) is 2.24. The second-order valence-electron chi connectivity index (χ2n) is 3.41. The normalized spacial score (nSPS) is 10.1. The quantitative estimate of drug-likeness (QED) is 0.721. The van der Waals surface area contributed by atoms with E-state index in [0.717, 1.165) is 20.9 Å². The Balaban J connectivity index is 2.33. The lowest BCUT2D eigenvalue weighted by atomic mass is 10.2. The van der Waals surface area contributed by atoms with Gasteiger partial charge in [-0.3, -0.25) is 9.59 Å². The van der Waals surface area contributed by atoms with Crippen molar-refractivity contribution in [3.05, 3.63) is 32.4 Å². The molecule has 18 heavy (non-hydrogen) atoms. The first-order valence-electron chi connectivity index (χ1n) is 4.99. The third kappa shape index (κ3) is 5.92. The number of carboxylic acids is 1. The van der Waals surface area contributed by atoms with Crippen molar-refractivity contribution in [3.63, 3.8) is 0 Å². The Bertz CT molecular complexity index is 456. The zero-order chi connectivity index (χ0) is 13.5. The highest BCUT2D eigenvalue weighted by atomic mass is 127. The third-order valence-electron chi connectivity index (χ3n) is 1.93. The predicted molar refractivity (Wildman–Crippen MR) is 81.0 cm³/mol. The van der Waals surface area contributed by atoms with Gasteiger partial charge in [-0.1, -0.05) is 17.7 Å². The lowest BCUT2D eigenvalue weighted by Gasteiger charge is -2.06. The SMILES string of the molecule is O=C(O)CSCC(=O)NCc1ccc(I)c(Cl)c1. The van der Waals surface area contributed by atoms with Crippen LogP contribution in [0.2, 0.25) is 5.02 Å². The van der Waals surface area contributed by atoms with E-state index >= 15 is 0 Å². The van der Waals surface area contributed by atoms with E-state index in [0.29, 0.717) is 11.6 Å². The van der Waals surface area contributed by atoms with Crippen LogP contribution < -0.4 is 5.32 Å². The van der Waals surface area contributed by atoms with Gasteiger partial charge in [0.1, 0.15) is 0 Å². The number of carbonyl (C=O) groups is 2. The van der Waals surface area contributed by atoms with Crippen LogP contribution in [0.4, 0.5) is 0 Å². The van der Waals surface area contributed by atoms with Crippen LogP contribution in [0, 0.1) is 3.57 Å². The summed E-state index contributed by atoms with van der Waals surface area (Å²) in [4.78, 5) is 21.7. The summed E-state index contributed by atoms with van der Waals surface area (Å²) in [5.74, 6) is -1.03. The number of thioether (sulfide) groups is 1. The molecule has 1 rings (SSSR count). The van der Waals surface area contributed by atoms with Crippen LogP contribution in [0.1, 0.15) is 5.56 Å². The Morgan fingerprint density at radius 2 is 2.11 bits per heavy atom. The van der Waals surface area contributed by atoms with E-state index in [1.165, 1.54) is 0 Å². The molecule has 1 amide bonds. The highest BCUT2D eigenvalue weighted by Crippen LogP contribution is 2.19. The van der Waals surface area contributed by atoms with Gasteiger partial charge in [0.25, 0.3) is 0 Å². The van der Waals surface area contributed by atoms with E-state index in [1.807, 2.05) is 12.1 Å². The van der Waals surface area contributed by atoms with Gasteiger partial charge in [-0.25, -0.2) is 0 Å². The summed E-state index contributed by atoms with van der Waals surface area (Å²) in [6.07, 6.45) is 0. The summed E-state index contributed by atoms with van der Waals surface area (Å²) in [7, 11) is 0. The van der Waals surface area contributed by atoms with Gasteiger partial charge in [0, 0.05) is 10.1 Å². The lowest BCUT2D eigenvalue weighted by Crippen LogP contribution is -2.25. The summed E-state index contributed by atoms with van der Waals surface area (Å²) >= 11 is 9.16. The van der Waals surface area contributed by atoms with Gasteiger partial charge in [-0.15, -0.1) is 11.8 Å². The maximum atomic E-state index is 11.4. The maximum absolute atomic E-state index is 11.4. The first-order valence-corrected chi connectivity index (χ1v) is 7.60. The van der Waals surface area contributed by atoms with Gasteiger partial charge >= 0.3 is 5.97 Å². The van der Waals surface area contributed by atoms with Gasteiger partial charge in [-0.2, -0.15) is 0 Å². The maximum Gasteiger partial charge on any atom is 0.313 e. The Labute approximate surface area is 128 Å². The molecule has 0 aliphatic heterocycles. The van der Waals surface area contributed by atoms with E-state index in [2.05, 4.69) is 27.9 Å². The minimum atomic E-state index is -0.919. The highest BCUT2D eigenvalue weighted by Gasteiger charge is 2.05. The van der Waals surface area contributed by atoms with Crippen LogP contribution in [-0.4, -0.2) is 28.5 Å². The van der Waals surface area contributed by atoms with E-state index in [1.54, 1.807) is 6.07 Å². The number of hydrogen-bond donors (Lipinski definition) is 2. The minimum Gasteiger partial charge on any atom is -0.481 e. The zero-order valence-electron chi connectivity index (χ0n) is 9.28. The Hall–Kier alpha value is -0.470. The molecule has 0 saturated carbocycles. The molecule has 2 N–H and O–H groups in total. The van der Waals surface area contributed by atoms with E-state index < -0.39 is 5.97 Å². The molecule has 0 spiro atoms. The molecule has 0 aliphatic carbocycles. The van der Waals surface area contributed by atoms with Crippen molar-refractivity contribution in [2.24, 2.45) is 0 Å². The average molecular weight is 400 g/mol. The van der Waals surface area contributed by atoms with Crippen LogP contribution in [0.25, 0.3) is 0 Å². The van der Waals surface area contributed by atoms with Crippen molar-refractivity contribution in [2.75, 3.05) is 11.5 Å². The number of halogens is 2. The molecule has 1 aromatic rings. The van der Waals surface area contributed by atoms with Crippen molar-refractivity contribution >= 4 is 57.8 Å². The topological polar surface area (TPSA) is 66.4 Å². The number of rotatable bonds is 6. The summed E-state index contributed by atoms with van der Waals surface area (Å²) in [6.45, 7) is 0.392. The van der Waals surface area contributed by atoms with Gasteiger partial charge in [0.05, 0.1) is 16.5 Å². The van der Waals surface area contributed by atoms with Crippen molar-refractivity contribution in [1.29, 1.82) is 0 Å². The smallest absolute Gasteiger partial charge is 0.313 e. The molecule has 98 valence electrons. The number of carbonyl (C=O) groups excluding carboxylic acids is 1. The summed E-state index contributed by atoms with van der Waals surface area (Å²) < 4.78 is 0.960. The number of carboxylic acid groups (broad SMARTS) is 1. The first kappa shape index (κ1) is 15.6. The van der Waals surface area contributed by atoms with Gasteiger partial charge in [0.2, 0.25) is 5.91 Å².